The average Bonchev–Trinajstić information content (AvgIpc) is 2.26. The number of hydrogen-bond donors (Lipinski definition) is 4. The number of nitrogens with two attached hydrogens (primary N) is 2. The van der Waals surface area contributed by atoms with E-state index in [2.05, 4.69) is 10.6 Å². The van der Waals surface area contributed by atoms with Crippen LogP contribution in [0.4, 0.5) is 11.4 Å². The Morgan fingerprint density at radius 3 is 2.35 bits per heavy atom. The minimum absolute atomic E-state index is 0.171. The van der Waals surface area contributed by atoms with Gasteiger partial charge in [-0.3, -0.25) is 9.59 Å². The molecule has 1 unspecified atom stereocenters. The van der Waals surface area contributed by atoms with E-state index in [4.69, 9.17) is 11.5 Å². The molecule has 6 heteroatoms. The number of nitrogens with one attached hydrogen (secondary N) is 2. The second kappa shape index (κ2) is 5.81. The minimum Gasteiger partial charge on any atom is -0.399 e. The van der Waals surface area contributed by atoms with E-state index in [-0.39, 0.29) is 11.4 Å². The number of anilines is 2. The Bertz CT molecular complexity index is 520. The number of carbonyl (C=O) groups is 2. The molecule has 0 fully saturated rings. The third kappa shape index (κ3) is 4.46. The lowest BCUT2D eigenvalue weighted by Gasteiger charge is -2.24. The molecule has 1 aromatic carbocycles. The summed E-state index contributed by atoms with van der Waals surface area (Å²) >= 11 is 0. The van der Waals surface area contributed by atoms with E-state index in [1.807, 2.05) is 20.8 Å². The quantitative estimate of drug-likeness (QED) is 0.618. The number of amides is 2. The van der Waals surface area contributed by atoms with Gasteiger partial charge in [0.2, 0.25) is 5.91 Å². The molecular formula is C14H22N4O2. The molecule has 0 spiro atoms. The second-order valence-corrected chi connectivity index (χ2v) is 5.77. The summed E-state index contributed by atoms with van der Waals surface area (Å²) in [6.45, 7) is 7.39. The van der Waals surface area contributed by atoms with E-state index in [0.29, 0.717) is 16.9 Å². The fraction of sp³-hybridized carbons (Fsp3) is 0.429. The molecule has 6 nitrogen and oxygen atoms in total. The molecule has 1 rings (SSSR count). The first-order valence-electron chi connectivity index (χ1n) is 6.38. The van der Waals surface area contributed by atoms with Gasteiger partial charge in [-0.15, -0.1) is 0 Å². The Balaban J connectivity index is 2.90. The predicted molar refractivity (Wildman–Crippen MR) is 80.4 cm³/mol. The zero-order valence-electron chi connectivity index (χ0n) is 12.3. The van der Waals surface area contributed by atoms with Crippen LogP contribution in [0.5, 0.6) is 0 Å². The van der Waals surface area contributed by atoms with Crippen molar-refractivity contribution in [2.45, 2.75) is 39.3 Å². The van der Waals surface area contributed by atoms with Gasteiger partial charge in [0, 0.05) is 16.9 Å². The molecule has 0 aliphatic heterocycles. The van der Waals surface area contributed by atoms with Crippen molar-refractivity contribution in [2.24, 2.45) is 5.73 Å². The van der Waals surface area contributed by atoms with Crippen LogP contribution < -0.4 is 22.1 Å². The van der Waals surface area contributed by atoms with Crippen molar-refractivity contribution in [1.29, 1.82) is 0 Å². The highest BCUT2D eigenvalue weighted by molar-refractivity contribution is 6.00. The number of hydrogen-bond acceptors (Lipinski definition) is 4. The van der Waals surface area contributed by atoms with Gasteiger partial charge < -0.3 is 22.1 Å². The minimum atomic E-state index is -0.573. The third-order valence-corrected chi connectivity index (χ3v) is 2.57. The molecule has 0 saturated carbocycles. The van der Waals surface area contributed by atoms with Crippen LogP contribution in [0.1, 0.15) is 38.1 Å². The van der Waals surface area contributed by atoms with Crippen molar-refractivity contribution in [3.8, 4) is 0 Å². The van der Waals surface area contributed by atoms with E-state index in [1.165, 1.54) is 6.07 Å². The Hall–Kier alpha value is -2.24. The molecule has 0 aromatic heterocycles. The third-order valence-electron chi connectivity index (χ3n) is 2.57. The van der Waals surface area contributed by atoms with Crippen molar-refractivity contribution < 1.29 is 9.59 Å². The Morgan fingerprint density at radius 2 is 1.85 bits per heavy atom. The summed E-state index contributed by atoms with van der Waals surface area (Å²) in [5, 5.41) is 5.82. The molecule has 0 heterocycles. The average molecular weight is 278 g/mol. The highest BCUT2D eigenvalue weighted by Gasteiger charge is 2.20. The van der Waals surface area contributed by atoms with E-state index < -0.39 is 11.9 Å². The fourth-order valence-electron chi connectivity index (χ4n) is 1.67. The van der Waals surface area contributed by atoms with Crippen molar-refractivity contribution >= 4 is 23.2 Å². The van der Waals surface area contributed by atoms with E-state index in [9.17, 15) is 9.59 Å². The van der Waals surface area contributed by atoms with Crippen LogP contribution in [0.15, 0.2) is 18.2 Å². The Kier molecular flexibility index (Phi) is 4.60. The van der Waals surface area contributed by atoms with E-state index in [1.54, 1.807) is 19.1 Å². The van der Waals surface area contributed by atoms with Gasteiger partial charge in [-0.25, -0.2) is 0 Å². The smallest absolute Gasteiger partial charge is 0.250 e. The zero-order valence-corrected chi connectivity index (χ0v) is 12.3. The SMILES string of the molecule is CC(Nc1cc(N)ccc1C(N)=O)C(=O)NC(C)(C)C. The normalized spacial score (nSPS) is 12.6. The summed E-state index contributed by atoms with van der Waals surface area (Å²) in [5.41, 5.74) is 11.9. The summed E-state index contributed by atoms with van der Waals surface area (Å²) in [6, 6.07) is 4.19. The van der Waals surface area contributed by atoms with Crippen molar-refractivity contribution in [3.63, 3.8) is 0 Å². The van der Waals surface area contributed by atoms with Gasteiger partial charge in [0.1, 0.15) is 6.04 Å². The van der Waals surface area contributed by atoms with Gasteiger partial charge in [0.15, 0.2) is 0 Å². The topological polar surface area (TPSA) is 110 Å². The zero-order chi connectivity index (χ0) is 15.5. The molecule has 0 aliphatic rings. The van der Waals surface area contributed by atoms with Gasteiger partial charge in [-0.2, -0.15) is 0 Å². The van der Waals surface area contributed by atoms with Crippen molar-refractivity contribution in [3.05, 3.63) is 23.8 Å². The van der Waals surface area contributed by atoms with E-state index in [0.717, 1.165) is 0 Å². The van der Waals surface area contributed by atoms with Crippen LogP contribution in [-0.4, -0.2) is 23.4 Å². The summed E-state index contributed by atoms with van der Waals surface area (Å²) in [5.74, 6) is -0.744. The molecule has 20 heavy (non-hydrogen) atoms. The summed E-state index contributed by atoms with van der Waals surface area (Å²) in [4.78, 5) is 23.4. The standard InChI is InChI=1S/C14H22N4O2/c1-8(13(20)18-14(2,3)4)17-11-7-9(15)5-6-10(11)12(16)19/h5-8,17H,15H2,1-4H3,(H2,16,19)(H,18,20). The van der Waals surface area contributed by atoms with Crippen LogP contribution in [0, 0.1) is 0 Å². The molecule has 0 aliphatic carbocycles. The summed E-state index contributed by atoms with van der Waals surface area (Å²) in [7, 11) is 0. The Labute approximate surface area is 118 Å². The molecule has 6 N–H and O–H groups in total. The van der Waals surface area contributed by atoms with Gasteiger partial charge in [-0.05, 0) is 45.9 Å². The first-order valence-corrected chi connectivity index (χ1v) is 6.38. The second-order valence-electron chi connectivity index (χ2n) is 5.77. The molecule has 1 atom stereocenters. The van der Waals surface area contributed by atoms with Gasteiger partial charge in [0.25, 0.3) is 5.91 Å². The van der Waals surface area contributed by atoms with E-state index >= 15 is 0 Å². The first-order chi connectivity index (χ1) is 9.10. The monoisotopic (exact) mass is 278 g/mol. The maximum atomic E-state index is 12.0. The predicted octanol–water partition coefficient (Wildman–Crippen LogP) is 1.08. The van der Waals surface area contributed by atoms with Gasteiger partial charge in [0.05, 0.1) is 5.56 Å². The number of benzene rings is 1. The number of nitrogen functional groups attached to an aromatic ring is 1. The van der Waals surface area contributed by atoms with Crippen LogP contribution >= 0.6 is 0 Å². The highest BCUT2D eigenvalue weighted by atomic mass is 16.2. The maximum absolute atomic E-state index is 12.0. The highest BCUT2D eigenvalue weighted by Crippen LogP contribution is 2.20. The molecule has 0 bridgehead atoms. The lowest BCUT2D eigenvalue weighted by atomic mass is 10.1. The van der Waals surface area contributed by atoms with Crippen LogP contribution in [0.25, 0.3) is 0 Å². The fourth-order valence-corrected chi connectivity index (χ4v) is 1.67. The Morgan fingerprint density at radius 1 is 1.25 bits per heavy atom. The lowest BCUT2D eigenvalue weighted by molar-refractivity contribution is -0.122. The van der Waals surface area contributed by atoms with Crippen molar-refractivity contribution in [2.75, 3.05) is 11.1 Å². The summed E-state index contributed by atoms with van der Waals surface area (Å²) in [6.07, 6.45) is 0. The van der Waals surface area contributed by atoms with Crippen LogP contribution in [0.3, 0.4) is 0 Å². The number of carbonyl (C=O) groups excluding carboxylic acids is 2. The van der Waals surface area contributed by atoms with Gasteiger partial charge in [-0.1, -0.05) is 0 Å². The molecule has 0 saturated heterocycles. The number of primary amides is 1. The molecule has 110 valence electrons. The number of rotatable bonds is 4. The van der Waals surface area contributed by atoms with Crippen molar-refractivity contribution in [1.82, 2.24) is 5.32 Å². The van der Waals surface area contributed by atoms with Crippen LogP contribution in [0.2, 0.25) is 0 Å². The lowest BCUT2D eigenvalue weighted by Crippen LogP contribution is -2.47. The maximum Gasteiger partial charge on any atom is 0.250 e. The first kappa shape index (κ1) is 15.8. The molecule has 0 radical (unpaired) electrons. The summed E-state index contributed by atoms with van der Waals surface area (Å²) < 4.78 is 0. The van der Waals surface area contributed by atoms with Gasteiger partial charge >= 0.3 is 0 Å². The molecule has 2 amide bonds. The molecular weight excluding hydrogens is 256 g/mol. The largest absolute Gasteiger partial charge is 0.399 e. The molecule has 1 aromatic rings. The van der Waals surface area contributed by atoms with Crippen LogP contribution in [-0.2, 0) is 4.79 Å².